The van der Waals surface area contributed by atoms with Crippen LogP contribution in [0.2, 0.25) is 0 Å². The molecule has 0 aromatic rings. The van der Waals surface area contributed by atoms with Gasteiger partial charge in [0.25, 0.3) is 5.91 Å². The summed E-state index contributed by atoms with van der Waals surface area (Å²) in [6.07, 6.45) is 0.913. The Morgan fingerprint density at radius 3 is 2.32 bits per heavy atom. The second-order valence-corrected chi connectivity index (χ2v) is 5.32. The molecule has 0 radical (unpaired) electrons. The van der Waals surface area contributed by atoms with Gasteiger partial charge in [-0.2, -0.15) is 0 Å². The maximum atomic E-state index is 12.4. The topological polar surface area (TPSA) is 49.4 Å². The van der Waals surface area contributed by atoms with Gasteiger partial charge in [-0.05, 0) is 31.6 Å². The molecule has 2 rings (SSSR count). The van der Waals surface area contributed by atoms with Crippen molar-refractivity contribution in [1.29, 1.82) is 0 Å². The van der Waals surface area contributed by atoms with Gasteiger partial charge in [-0.25, -0.2) is 4.79 Å². The molecule has 4 nitrogen and oxygen atoms in total. The number of nitrogens with one attached hydrogen (secondary N) is 1. The molecule has 0 unspecified atom stereocenters. The van der Waals surface area contributed by atoms with Crippen LogP contribution in [0, 0.1) is 5.92 Å². The van der Waals surface area contributed by atoms with E-state index in [4.69, 9.17) is 0 Å². The molecule has 1 spiro atoms. The minimum absolute atomic E-state index is 0. The Hall–Kier alpha value is 0.431. The monoisotopic (exact) mass is 302 g/mol. The summed E-state index contributed by atoms with van der Waals surface area (Å²) in [6, 6.07) is -0.909. The van der Waals surface area contributed by atoms with Gasteiger partial charge in [0.15, 0.2) is 0 Å². The number of hydrogen-bond donors (Lipinski definition) is 1. The number of rotatable bonds is 2. The molecular formula is C10H15BF3KN2O2. The van der Waals surface area contributed by atoms with E-state index in [9.17, 15) is 22.5 Å². The molecule has 1 aliphatic carbocycles. The molecular weight excluding hydrogens is 287 g/mol. The zero-order valence-electron chi connectivity index (χ0n) is 11.1. The number of halogens is 3. The summed E-state index contributed by atoms with van der Waals surface area (Å²) in [5.41, 5.74) is -1.08. The van der Waals surface area contributed by atoms with Gasteiger partial charge >= 0.3 is 64.4 Å². The number of carbonyl (C=O) groups is 2. The van der Waals surface area contributed by atoms with Crippen molar-refractivity contribution in [1.82, 2.24) is 10.2 Å². The summed E-state index contributed by atoms with van der Waals surface area (Å²) < 4.78 is 37.1. The zero-order chi connectivity index (χ0) is 13.6. The molecule has 0 bridgehead atoms. The number of amides is 3. The molecule has 9 heteroatoms. The number of urea groups is 1. The van der Waals surface area contributed by atoms with E-state index in [1.165, 1.54) is 0 Å². The van der Waals surface area contributed by atoms with Crippen molar-refractivity contribution in [3.05, 3.63) is 0 Å². The largest absolute Gasteiger partial charge is 1.00 e. The van der Waals surface area contributed by atoms with Gasteiger partial charge in [-0.1, -0.05) is 6.92 Å². The minimum atomic E-state index is -5.19. The quantitative estimate of drug-likeness (QED) is 0.519. The molecule has 1 heterocycles. The minimum Gasteiger partial charge on any atom is -0.448 e. The van der Waals surface area contributed by atoms with Crippen molar-refractivity contribution in [3.8, 4) is 0 Å². The third-order valence-corrected chi connectivity index (χ3v) is 3.76. The van der Waals surface area contributed by atoms with Gasteiger partial charge < -0.3 is 18.3 Å². The van der Waals surface area contributed by atoms with E-state index in [2.05, 4.69) is 5.32 Å². The maximum Gasteiger partial charge on any atom is 1.00 e. The standard InChI is InChI=1S/C10H15BF3N2O2.K/c1-7-2-4-10(5-3-7)8(17)16(9(18)15-10)6-11(12,13)14;/h7H,2-6H2,1H3,(H,15,18);/q-1;+1. The first-order valence-electron chi connectivity index (χ1n) is 6.09. The number of nitrogens with zero attached hydrogens (tertiary/aromatic N) is 1. The average molecular weight is 302 g/mol. The Labute approximate surface area is 152 Å². The van der Waals surface area contributed by atoms with E-state index in [0.29, 0.717) is 23.7 Å². The van der Waals surface area contributed by atoms with Crippen LogP contribution in [-0.2, 0) is 4.79 Å². The summed E-state index contributed by atoms with van der Waals surface area (Å²) >= 11 is 0. The van der Waals surface area contributed by atoms with Gasteiger partial charge in [-0.3, -0.25) is 9.69 Å². The molecule has 1 saturated heterocycles. The zero-order valence-corrected chi connectivity index (χ0v) is 14.2. The average Bonchev–Trinajstić information content (AvgIpc) is 2.47. The first-order chi connectivity index (χ1) is 8.23. The summed E-state index contributed by atoms with van der Waals surface area (Å²) in [5, 5.41) is 2.46. The summed E-state index contributed by atoms with van der Waals surface area (Å²) in [6.45, 7) is -3.15. The van der Waals surface area contributed by atoms with E-state index >= 15 is 0 Å². The van der Waals surface area contributed by atoms with Gasteiger partial charge in [-0.15, -0.1) is 0 Å². The van der Waals surface area contributed by atoms with Crippen molar-refractivity contribution in [2.75, 3.05) is 6.44 Å². The molecule has 0 atom stereocenters. The number of carbonyl (C=O) groups excluding carboxylic acids is 2. The van der Waals surface area contributed by atoms with E-state index < -0.39 is 30.9 Å². The molecule has 1 saturated carbocycles. The summed E-state index contributed by atoms with van der Waals surface area (Å²) in [5.74, 6) is -0.264. The fourth-order valence-electron chi connectivity index (χ4n) is 2.64. The molecule has 0 aromatic carbocycles. The van der Waals surface area contributed by atoms with Crippen molar-refractivity contribution in [2.45, 2.75) is 38.1 Å². The molecule has 0 aromatic heterocycles. The molecule has 102 valence electrons. The third kappa shape index (κ3) is 3.75. The normalized spacial score (nSPS) is 31.4. The van der Waals surface area contributed by atoms with Gasteiger partial charge in [0.05, 0.1) is 0 Å². The predicted molar refractivity (Wildman–Crippen MR) is 59.7 cm³/mol. The fraction of sp³-hybridized carbons (Fsp3) is 0.800. The van der Waals surface area contributed by atoms with Crippen LogP contribution >= 0.6 is 0 Å². The van der Waals surface area contributed by atoms with Crippen LogP contribution in [0.5, 0.6) is 0 Å². The second kappa shape index (κ2) is 6.05. The Balaban J connectivity index is 0.00000180. The number of hydrogen-bond acceptors (Lipinski definition) is 2. The van der Waals surface area contributed by atoms with Crippen LogP contribution in [0.15, 0.2) is 0 Å². The van der Waals surface area contributed by atoms with E-state index in [0.717, 1.165) is 12.8 Å². The Kier molecular flexibility index (Phi) is 5.56. The first-order valence-corrected chi connectivity index (χ1v) is 6.09. The summed E-state index contributed by atoms with van der Waals surface area (Å²) in [4.78, 5) is 23.9. The smallest absolute Gasteiger partial charge is 0.448 e. The fourth-order valence-corrected chi connectivity index (χ4v) is 2.64. The van der Waals surface area contributed by atoms with E-state index in [1.807, 2.05) is 6.92 Å². The van der Waals surface area contributed by atoms with Crippen LogP contribution in [0.3, 0.4) is 0 Å². The van der Waals surface area contributed by atoms with Crippen LogP contribution in [0.25, 0.3) is 0 Å². The molecule has 1 N–H and O–H groups in total. The van der Waals surface area contributed by atoms with Crippen LogP contribution in [0.4, 0.5) is 17.7 Å². The van der Waals surface area contributed by atoms with Gasteiger partial charge in [0.2, 0.25) is 0 Å². The first kappa shape index (κ1) is 17.5. The molecule has 19 heavy (non-hydrogen) atoms. The molecule has 2 aliphatic rings. The maximum absolute atomic E-state index is 12.4. The van der Waals surface area contributed by atoms with Crippen LogP contribution in [0.1, 0.15) is 32.6 Å². The third-order valence-electron chi connectivity index (χ3n) is 3.76. The van der Waals surface area contributed by atoms with Crippen molar-refractivity contribution >= 4 is 18.9 Å². The van der Waals surface area contributed by atoms with Gasteiger partial charge in [0.1, 0.15) is 5.54 Å². The van der Waals surface area contributed by atoms with Crippen molar-refractivity contribution in [3.63, 3.8) is 0 Å². The van der Waals surface area contributed by atoms with E-state index in [1.54, 1.807) is 0 Å². The van der Waals surface area contributed by atoms with Crippen molar-refractivity contribution < 1.29 is 73.9 Å². The summed E-state index contributed by atoms with van der Waals surface area (Å²) in [7, 11) is 0. The second-order valence-electron chi connectivity index (χ2n) is 5.32. The predicted octanol–water partition coefficient (Wildman–Crippen LogP) is -1.12. The van der Waals surface area contributed by atoms with E-state index in [-0.39, 0.29) is 51.4 Å². The molecule has 3 amide bonds. The SMILES string of the molecule is CC1CCC2(CC1)NC(=O)N(C[B-](F)(F)F)C2=O.[K+]. The van der Waals surface area contributed by atoms with Crippen LogP contribution in [-0.4, -0.2) is 35.8 Å². The van der Waals surface area contributed by atoms with Crippen molar-refractivity contribution in [2.24, 2.45) is 5.92 Å². The number of imide groups is 1. The molecule has 2 fully saturated rings. The molecule has 1 aliphatic heterocycles. The Bertz CT molecular complexity index is 383. The Morgan fingerprint density at radius 2 is 1.84 bits per heavy atom. The van der Waals surface area contributed by atoms with Crippen LogP contribution < -0.4 is 56.7 Å². The van der Waals surface area contributed by atoms with Gasteiger partial charge in [0, 0.05) is 6.44 Å². The Morgan fingerprint density at radius 1 is 1.32 bits per heavy atom.